The van der Waals surface area contributed by atoms with Gasteiger partial charge >= 0.3 is 5.97 Å². The Kier molecular flexibility index (Phi) is 8.29. The van der Waals surface area contributed by atoms with E-state index in [1.165, 1.54) is 0 Å². The van der Waals surface area contributed by atoms with E-state index in [4.69, 9.17) is 14.2 Å². The second-order valence-corrected chi connectivity index (χ2v) is 7.84. The second-order valence-electron chi connectivity index (χ2n) is 7.84. The lowest BCUT2D eigenvalue weighted by Gasteiger charge is -2.34. The van der Waals surface area contributed by atoms with Crippen molar-refractivity contribution in [2.45, 2.75) is 58.8 Å². The molecule has 0 bridgehead atoms. The van der Waals surface area contributed by atoms with Gasteiger partial charge in [-0.15, -0.1) is 0 Å². The average molecular weight is 428 g/mol. The Morgan fingerprint density at radius 2 is 1.94 bits per heavy atom. The van der Waals surface area contributed by atoms with E-state index < -0.39 is 11.9 Å². The lowest BCUT2D eigenvalue weighted by molar-refractivity contribution is -0.140. The summed E-state index contributed by atoms with van der Waals surface area (Å²) in [4.78, 5) is 26.2. The summed E-state index contributed by atoms with van der Waals surface area (Å²) in [5.41, 5.74) is 3.60. The SMILES string of the molecule is CCCCOc1ccccc1[C@@H]1C(C(=O)OCCOCC)=C(C)NC2=C1C(=O)CCC2. The lowest BCUT2D eigenvalue weighted by Crippen LogP contribution is -2.34. The van der Waals surface area contributed by atoms with E-state index in [0.717, 1.165) is 42.6 Å². The first-order valence-corrected chi connectivity index (χ1v) is 11.3. The molecule has 31 heavy (non-hydrogen) atoms. The van der Waals surface area contributed by atoms with Crippen LogP contribution in [0.25, 0.3) is 0 Å². The number of dihydropyridines is 1. The van der Waals surface area contributed by atoms with Gasteiger partial charge in [-0.3, -0.25) is 4.79 Å². The monoisotopic (exact) mass is 427 g/mol. The molecule has 3 rings (SSSR count). The number of ether oxygens (including phenoxy) is 3. The van der Waals surface area contributed by atoms with Crippen LogP contribution in [0.5, 0.6) is 5.75 Å². The maximum Gasteiger partial charge on any atom is 0.336 e. The number of hydrogen-bond acceptors (Lipinski definition) is 6. The van der Waals surface area contributed by atoms with Crippen LogP contribution in [-0.4, -0.2) is 38.2 Å². The van der Waals surface area contributed by atoms with E-state index in [1.807, 2.05) is 38.1 Å². The maximum absolute atomic E-state index is 13.2. The molecule has 0 aromatic heterocycles. The molecule has 6 nitrogen and oxygen atoms in total. The van der Waals surface area contributed by atoms with Gasteiger partial charge in [-0.05, 0) is 39.2 Å². The highest BCUT2D eigenvalue weighted by molar-refractivity contribution is 6.04. The van der Waals surface area contributed by atoms with Crippen LogP contribution in [0.3, 0.4) is 0 Å². The molecule has 168 valence electrons. The van der Waals surface area contributed by atoms with E-state index in [0.29, 0.717) is 43.1 Å². The van der Waals surface area contributed by atoms with Gasteiger partial charge in [0.05, 0.1) is 24.7 Å². The molecular formula is C25H33NO5. The first-order valence-electron chi connectivity index (χ1n) is 11.3. The lowest BCUT2D eigenvalue weighted by atomic mass is 9.75. The van der Waals surface area contributed by atoms with Crippen LogP contribution in [-0.2, 0) is 19.1 Å². The molecule has 0 radical (unpaired) electrons. The highest BCUT2D eigenvalue weighted by Gasteiger charge is 2.40. The molecule has 1 atom stereocenters. The molecular weight excluding hydrogens is 394 g/mol. The molecule has 1 aliphatic heterocycles. The van der Waals surface area contributed by atoms with E-state index in [2.05, 4.69) is 12.2 Å². The van der Waals surface area contributed by atoms with Gasteiger partial charge in [0.2, 0.25) is 0 Å². The standard InChI is InChI=1S/C25H33NO5/c1-4-6-14-30-21-13-8-7-10-18(21)23-22(25(28)31-16-15-29-5-2)17(3)26-19-11-9-12-20(27)24(19)23/h7-8,10,13,23,26H,4-6,9,11-12,14-16H2,1-3H3/t23-/m1/s1. The van der Waals surface area contributed by atoms with Crippen molar-refractivity contribution < 1.29 is 23.8 Å². The summed E-state index contributed by atoms with van der Waals surface area (Å²) < 4.78 is 16.9. The summed E-state index contributed by atoms with van der Waals surface area (Å²) in [6.45, 7) is 7.55. The predicted octanol–water partition coefficient (Wildman–Crippen LogP) is 4.41. The van der Waals surface area contributed by atoms with Crippen LogP contribution >= 0.6 is 0 Å². The number of hydrogen-bond donors (Lipinski definition) is 1. The summed E-state index contributed by atoms with van der Waals surface area (Å²) in [5, 5.41) is 3.32. The topological polar surface area (TPSA) is 73.9 Å². The van der Waals surface area contributed by atoms with E-state index in [-0.39, 0.29) is 12.4 Å². The Morgan fingerprint density at radius 3 is 2.71 bits per heavy atom. The largest absolute Gasteiger partial charge is 0.493 e. The van der Waals surface area contributed by atoms with Crippen LogP contribution in [0.1, 0.15) is 64.4 Å². The third-order valence-corrected chi connectivity index (χ3v) is 5.65. The number of nitrogens with one attached hydrogen (secondary N) is 1. The third-order valence-electron chi connectivity index (χ3n) is 5.65. The summed E-state index contributed by atoms with van der Waals surface area (Å²) in [7, 11) is 0. The molecule has 6 heteroatoms. The van der Waals surface area contributed by atoms with Crippen molar-refractivity contribution in [2.75, 3.05) is 26.4 Å². The number of allylic oxidation sites excluding steroid dienone is 3. The minimum absolute atomic E-state index is 0.0780. The number of carbonyl (C=O) groups excluding carboxylic acids is 2. The Bertz CT molecular complexity index is 870. The Morgan fingerprint density at radius 1 is 1.13 bits per heavy atom. The van der Waals surface area contributed by atoms with Crippen LogP contribution < -0.4 is 10.1 Å². The molecule has 0 unspecified atom stereocenters. The minimum Gasteiger partial charge on any atom is -0.493 e. The van der Waals surface area contributed by atoms with Crippen molar-refractivity contribution in [2.24, 2.45) is 0 Å². The van der Waals surface area contributed by atoms with Crippen molar-refractivity contribution in [1.29, 1.82) is 0 Å². The number of benzene rings is 1. The molecule has 0 amide bonds. The van der Waals surface area contributed by atoms with Gasteiger partial charge in [0.15, 0.2) is 5.78 Å². The van der Waals surface area contributed by atoms with Gasteiger partial charge in [0, 0.05) is 35.6 Å². The van der Waals surface area contributed by atoms with Crippen molar-refractivity contribution in [1.82, 2.24) is 5.32 Å². The smallest absolute Gasteiger partial charge is 0.336 e. The summed E-state index contributed by atoms with van der Waals surface area (Å²) in [6, 6.07) is 7.70. The fourth-order valence-electron chi connectivity index (χ4n) is 4.16. The molecule has 1 aliphatic carbocycles. The zero-order valence-corrected chi connectivity index (χ0v) is 18.8. The number of Topliss-reactive ketones (excluding diaryl/α,β-unsaturated/α-hetero) is 1. The second kappa shape index (κ2) is 11.1. The maximum atomic E-state index is 13.2. The normalized spacial score (nSPS) is 18.5. The van der Waals surface area contributed by atoms with Crippen molar-refractivity contribution in [3.63, 3.8) is 0 Å². The molecule has 0 saturated carbocycles. The third kappa shape index (κ3) is 5.37. The van der Waals surface area contributed by atoms with Gasteiger partial charge in [-0.2, -0.15) is 0 Å². The van der Waals surface area contributed by atoms with Crippen LogP contribution in [0.15, 0.2) is 46.8 Å². The van der Waals surface area contributed by atoms with E-state index in [9.17, 15) is 9.59 Å². The molecule has 1 N–H and O–H groups in total. The van der Waals surface area contributed by atoms with Crippen molar-refractivity contribution >= 4 is 11.8 Å². The zero-order valence-electron chi connectivity index (χ0n) is 18.8. The highest BCUT2D eigenvalue weighted by atomic mass is 16.6. The number of rotatable bonds is 10. The summed E-state index contributed by atoms with van der Waals surface area (Å²) in [5.74, 6) is -0.140. The number of para-hydroxylation sites is 1. The van der Waals surface area contributed by atoms with Crippen LogP contribution in [0, 0.1) is 0 Å². The zero-order chi connectivity index (χ0) is 22.2. The van der Waals surface area contributed by atoms with Gasteiger partial charge in [0.1, 0.15) is 12.4 Å². The first kappa shape index (κ1) is 23.1. The highest BCUT2D eigenvalue weighted by Crippen LogP contribution is 2.45. The average Bonchev–Trinajstić information content (AvgIpc) is 2.76. The van der Waals surface area contributed by atoms with Crippen LogP contribution in [0.2, 0.25) is 0 Å². The molecule has 2 aliphatic rings. The Labute approximate surface area is 184 Å². The molecule has 1 aromatic carbocycles. The number of unbranched alkanes of at least 4 members (excludes halogenated alkanes) is 1. The summed E-state index contributed by atoms with van der Waals surface area (Å²) in [6.07, 6.45) is 4.06. The Hall–Kier alpha value is -2.60. The summed E-state index contributed by atoms with van der Waals surface area (Å²) >= 11 is 0. The van der Waals surface area contributed by atoms with E-state index in [1.54, 1.807) is 0 Å². The molecule has 1 heterocycles. The first-order chi connectivity index (χ1) is 15.1. The molecule has 0 saturated heterocycles. The number of ketones is 1. The molecule has 0 fully saturated rings. The van der Waals surface area contributed by atoms with Crippen molar-refractivity contribution in [3.05, 3.63) is 52.4 Å². The number of esters is 1. The molecule has 0 spiro atoms. The van der Waals surface area contributed by atoms with Gasteiger partial charge in [-0.25, -0.2) is 4.79 Å². The fraction of sp³-hybridized carbons (Fsp3) is 0.520. The van der Waals surface area contributed by atoms with Gasteiger partial charge in [0.25, 0.3) is 0 Å². The molecule has 1 aromatic rings. The van der Waals surface area contributed by atoms with Crippen LogP contribution in [0.4, 0.5) is 0 Å². The van der Waals surface area contributed by atoms with Crippen molar-refractivity contribution in [3.8, 4) is 5.75 Å². The quantitative estimate of drug-likeness (QED) is 0.440. The van der Waals surface area contributed by atoms with Gasteiger partial charge < -0.3 is 19.5 Å². The van der Waals surface area contributed by atoms with E-state index >= 15 is 0 Å². The minimum atomic E-state index is -0.499. The van der Waals surface area contributed by atoms with Gasteiger partial charge in [-0.1, -0.05) is 31.5 Å². The fourth-order valence-corrected chi connectivity index (χ4v) is 4.16. The predicted molar refractivity (Wildman–Crippen MR) is 119 cm³/mol. The Balaban J connectivity index is 2.00. The number of carbonyl (C=O) groups is 2.